The fraction of sp³-hybridized carbons (Fsp3) is 0.444. The van der Waals surface area contributed by atoms with Crippen LogP contribution in [-0.4, -0.2) is 22.8 Å². The van der Waals surface area contributed by atoms with E-state index in [9.17, 15) is 9.59 Å². The fourth-order valence-electron chi connectivity index (χ4n) is 2.93. The Bertz CT molecular complexity index is 580. The molecule has 1 heterocycles. The van der Waals surface area contributed by atoms with Gasteiger partial charge in [-0.3, -0.25) is 9.59 Å². The van der Waals surface area contributed by atoms with E-state index in [1.807, 2.05) is 37.3 Å². The van der Waals surface area contributed by atoms with Crippen LogP contribution < -0.4 is 5.32 Å². The largest absolute Gasteiger partial charge is 0.354 e. The maximum atomic E-state index is 12.3. The molecule has 1 aromatic rings. The van der Waals surface area contributed by atoms with Gasteiger partial charge in [0.25, 0.3) is 0 Å². The maximum absolute atomic E-state index is 12.3. The molecule has 0 bridgehead atoms. The molecule has 0 aliphatic carbocycles. The van der Waals surface area contributed by atoms with Crippen LogP contribution in [0.15, 0.2) is 30.5 Å². The molecule has 4 nitrogen and oxygen atoms in total. The van der Waals surface area contributed by atoms with Crippen LogP contribution in [0, 0.1) is 0 Å². The molecule has 4 heteroatoms. The van der Waals surface area contributed by atoms with Gasteiger partial charge in [-0.25, -0.2) is 0 Å². The van der Waals surface area contributed by atoms with Crippen LogP contribution in [0.4, 0.5) is 0 Å². The average Bonchev–Trinajstić information content (AvgIpc) is 2.47. The van der Waals surface area contributed by atoms with Gasteiger partial charge >= 0.3 is 0 Å². The van der Waals surface area contributed by atoms with Gasteiger partial charge in [0.15, 0.2) is 0 Å². The first kappa shape index (κ1) is 16.3. The second-order valence-corrected chi connectivity index (χ2v) is 5.85. The number of nitrogens with zero attached hydrogens (tertiary/aromatic N) is 1. The fourth-order valence-corrected chi connectivity index (χ4v) is 2.93. The van der Waals surface area contributed by atoms with Gasteiger partial charge < -0.3 is 10.2 Å². The molecule has 0 fully saturated rings. The van der Waals surface area contributed by atoms with Crippen molar-refractivity contribution in [2.24, 2.45) is 0 Å². The van der Waals surface area contributed by atoms with E-state index >= 15 is 0 Å². The van der Waals surface area contributed by atoms with E-state index in [0.717, 1.165) is 24.0 Å². The molecular formula is C18H24N2O2. The quantitative estimate of drug-likeness (QED) is 0.907. The highest BCUT2D eigenvalue weighted by atomic mass is 16.2. The summed E-state index contributed by atoms with van der Waals surface area (Å²) in [5, 5.41) is 3.02. The zero-order chi connectivity index (χ0) is 16.1. The number of rotatable bonds is 5. The summed E-state index contributed by atoms with van der Waals surface area (Å²) in [6.07, 6.45) is 5.98. The normalized spacial score (nSPS) is 17.8. The van der Waals surface area contributed by atoms with Crippen molar-refractivity contribution >= 4 is 17.9 Å². The summed E-state index contributed by atoms with van der Waals surface area (Å²) in [7, 11) is 0. The minimum absolute atomic E-state index is 0.0118. The van der Waals surface area contributed by atoms with Crippen molar-refractivity contribution in [3.63, 3.8) is 0 Å². The molecule has 1 aliphatic rings. The predicted octanol–water partition coefficient (Wildman–Crippen LogP) is 3.26. The van der Waals surface area contributed by atoms with Crippen molar-refractivity contribution < 1.29 is 9.59 Å². The Morgan fingerprint density at radius 1 is 1.32 bits per heavy atom. The van der Waals surface area contributed by atoms with Crippen LogP contribution in [0.5, 0.6) is 0 Å². The summed E-state index contributed by atoms with van der Waals surface area (Å²) in [5.41, 5.74) is 2.10. The Balaban J connectivity index is 2.16. The van der Waals surface area contributed by atoms with Gasteiger partial charge in [0.2, 0.25) is 11.8 Å². The standard InChI is InChI=1S/C18H24N2O2/c1-4-7-13(2)19-18(22)12-17-16-9-6-5-8-15(16)10-11-20(17)14(3)21/h5-6,8-11,13,17H,4,7,12H2,1-3H3,(H,19,22)/t13-,17-/m1/s1. The highest BCUT2D eigenvalue weighted by Crippen LogP contribution is 2.32. The van der Waals surface area contributed by atoms with Crippen LogP contribution in [0.2, 0.25) is 0 Å². The molecule has 0 saturated carbocycles. The van der Waals surface area contributed by atoms with Crippen LogP contribution in [0.25, 0.3) is 6.08 Å². The van der Waals surface area contributed by atoms with E-state index in [4.69, 9.17) is 0 Å². The van der Waals surface area contributed by atoms with Crippen molar-refractivity contribution in [3.8, 4) is 0 Å². The number of hydrogen-bond acceptors (Lipinski definition) is 2. The lowest BCUT2D eigenvalue weighted by Crippen LogP contribution is -2.38. The highest BCUT2D eigenvalue weighted by Gasteiger charge is 2.28. The monoisotopic (exact) mass is 300 g/mol. The van der Waals surface area contributed by atoms with E-state index < -0.39 is 0 Å². The van der Waals surface area contributed by atoms with Gasteiger partial charge in [-0.05, 0) is 30.5 Å². The van der Waals surface area contributed by atoms with Gasteiger partial charge in [0.1, 0.15) is 0 Å². The molecule has 1 aliphatic heterocycles. The Hall–Kier alpha value is -2.10. The first-order chi connectivity index (χ1) is 10.5. The van der Waals surface area contributed by atoms with Gasteiger partial charge in [-0.15, -0.1) is 0 Å². The predicted molar refractivity (Wildman–Crippen MR) is 87.9 cm³/mol. The molecule has 2 amide bonds. The third kappa shape index (κ3) is 3.75. The van der Waals surface area contributed by atoms with Crippen molar-refractivity contribution in [2.45, 2.75) is 52.1 Å². The van der Waals surface area contributed by atoms with Gasteiger partial charge in [-0.2, -0.15) is 0 Å². The molecule has 0 radical (unpaired) electrons. The summed E-state index contributed by atoms with van der Waals surface area (Å²) in [4.78, 5) is 25.8. The van der Waals surface area contributed by atoms with Crippen LogP contribution in [0.3, 0.4) is 0 Å². The molecular weight excluding hydrogens is 276 g/mol. The first-order valence-electron chi connectivity index (χ1n) is 7.88. The van der Waals surface area contributed by atoms with Crippen molar-refractivity contribution in [3.05, 3.63) is 41.6 Å². The van der Waals surface area contributed by atoms with E-state index in [-0.39, 0.29) is 30.3 Å². The molecule has 22 heavy (non-hydrogen) atoms. The topological polar surface area (TPSA) is 49.4 Å². The number of carbonyl (C=O) groups excluding carboxylic acids is 2. The Labute approximate surface area is 132 Å². The van der Waals surface area contributed by atoms with Crippen LogP contribution >= 0.6 is 0 Å². The average molecular weight is 300 g/mol. The molecule has 0 unspecified atom stereocenters. The second kappa shape index (κ2) is 7.25. The third-order valence-electron chi connectivity index (χ3n) is 3.98. The summed E-state index contributed by atoms with van der Waals surface area (Å²) >= 11 is 0. The Morgan fingerprint density at radius 3 is 2.73 bits per heavy atom. The van der Waals surface area contributed by atoms with Crippen LogP contribution in [-0.2, 0) is 9.59 Å². The maximum Gasteiger partial charge on any atom is 0.223 e. The summed E-state index contributed by atoms with van der Waals surface area (Å²) < 4.78 is 0. The van der Waals surface area contributed by atoms with Crippen LogP contribution in [0.1, 0.15) is 57.2 Å². The summed E-state index contributed by atoms with van der Waals surface area (Å²) in [6, 6.07) is 7.84. The molecule has 0 saturated heterocycles. The number of carbonyl (C=O) groups is 2. The number of benzene rings is 1. The third-order valence-corrected chi connectivity index (χ3v) is 3.98. The molecule has 2 rings (SSSR count). The lowest BCUT2D eigenvalue weighted by atomic mass is 9.93. The van der Waals surface area contributed by atoms with Gasteiger partial charge in [-0.1, -0.05) is 37.6 Å². The number of fused-ring (bicyclic) bond motifs is 1. The molecule has 2 atom stereocenters. The molecule has 118 valence electrons. The van der Waals surface area contributed by atoms with E-state index in [0.29, 0.717) is 0 Å². The lowest BCUT2D eigenvalue weighted by Gasteiger charge is -2.32. The highest BCUT2D eigenvalue weighted by molar-refractivity contribution is 5.81. The lowest BCUT2D eigenvalue weighted by molar-refractivity contribution is -0.130. The SMILES string of the molecule is CCC[C@@H](C)NC(=O)C[C@@H]1c2ccccc2C=CN1C(C)=O. The van der Waals surface area contributed by atoms with Crippen molar-refractivity contribution in [2.75, 3.05) is 0 Å². The minimum atomic E-state index is -0.229. The molecule has 1 N–H and O–H groups in total. The van der Waals surface area contributed by atoms with Gasteiger partial charge in [0, 0.05) is 19.2 Å². The number of nitrogens with one attached hydrogen (secondary N) is 1. The minimum Gasteiger partial charge on any atom is -0.354 e. The zero-order valence-corrected chi connectivity index (χ0v) is 13.5. The zero-order valence-electron chi connectivity index (χ0n) is 13.5. The Morgan fingerprint density at radius 2 is 2.05 bits per heavy atom. The van der Waals surface area contributed by atoms with E-state index in [1.54, 1.807) is 11.1 Å². The smallest absolute Gasteiger partial charge is 0.223 e. The first-order valence-corrected chi connectivity index (χ1v) is 7.88. The second-order valence-electron chi connectivity index (χ2n) is 5.85. The van der Waals surface area contributed by atoms with E-state index in [2.05, 4.69) is 12.2 Å². The van der Waals surface area contributed by atoms with E-state index in [1.165, 1.54) is 6.92 Å². The molecule has 1 aromatic carbocycles. The van der Waals surface area contributed by atoms with Gasteiger partial charge in [0.05, 0.1) is 12.5 Å². The summed E-state index contributed by atoms with van der Waals surface area (Å²) in [5.74, 6) is -0.0625. The Kier molecular flexibility index (Phi) is 5.36. The van der Waals surface area contributed by atoms with Crippen molar-refractivity contribution in [1.82, 2.24) is 10.2 Å². The number of amides is 2. The molecule has 0 aromatic heterocycles. The number of hydrogen-bond donors (Lipinski definition) is 1. The van der Waals surface area contributed by atoms with Crippen molar-refractivity contribution in [1.29, 1.82) is 0 Å². The molecule has 0 spiro atoms. The summed E-state index contributed by atoms with van der Waals surface area (Å²) in [6.45, 7) is 5.64.